The van der Waals surface area contributed by atoms with Crippen LogP contribution in [0.5, 0.6) is 0 Å². The van der Waals surface area contributed by atoms with Crippen molar-refractivity contribution in [2.45, 2.75) is 6.42 Å². The molecule has 0 aliphatic carbocycles. The van der Waals surface area contributed by atoms with E-state index in [4.69, 9.17) is 0 Å². The van der Waals surface area contributed by atoms with Crippen molar-refractivity contribution >= 4 is 29.6 Å². The smallest absolute Gasteiger partial charge is 0.276 e. The number of carbonyl (C=O) groups excluding carboxylic acids is 1. The molecule has 0 spiro atoms. The van der Waals surface area contributed by atoms with Gasteiger partial charge in [0.05, 0.1) is 10.5 Å². The summed E-state index contributed by atoms with van der Waals surface area (Å²) in [5.41, 5.74) is 4.23. The van der Waals surface area contributed by atoms with Crippen LogP contribution in [0.1, 0.15) is 12.0 Å². The fourth-order valence-electron chi connectivity index (χ4n) is 3.28. The Morgan fingerprint density at radius 2 is 1.77 bits per heavy atom. The Morgan fingerprint density at radius 1 is 1.07 bits per heavy atom. The molecule has 2 aromatic rings. The number of benzene rings is 2. The molecule has 0 bridgehead atoms. The van der Waals surface area contributed by atoms with Gasteiger partial charge in [0, 0.05) is 57.1 Å². The highest BCUT2D eigenvalue weighted by Gasteiger charge is 2.17. The first-order chi connectivity index (χ1) is 14.6. The molecule has 1 fully saturated rings. The van der Waals surface area contributed by atoms with Gasteiger partial charge in [0.1, 0.15) is 0 Å². The first-order valence-corrected chi connectivity index (χ1v) is 9.88. The predicted molar refractivity (Wildman–Crippen MR) is 118 cm³/mol. The largest absolute Gasteiger partial charge is 0.369 e. The number of rotatable bonds is 8. The second kappa shape index (κ2) is 10.9. The molecule has 0 radical (unpaired) electrons. The maximum Gasteiger partial charge on any atom is 0.276 e. The van der Waals surface area contributed by atoms with E-state index in [0.717, 1.165) is 26.2 Å². The van der Waals surface area contributed by atoms with E-state index in [1.807, 2.05) is 18.2 Å². The van der Waals surface area contributed by atoms with Gasteiger partial charge in [-0.3, -0.25) is 19.8 Å². The molecule has 2 aromatic carbocycles. The number of nitro groups is 1. The van der Waals surface area contributed by atoms with E-state index in [9.17, 15) is 14.9 Å². The van der Waals surface area contributed by atoms with Crippen LogP contribution in [0.25, 0.3) is 6.08 Å². The molecule has 8 heteroatoms. The number of hydrogen-bond donors (Lipinski definition) is 1. The Labute approximate surface area is 175 Å². The van der Waals surface area contributed by atoms with Crippen molar-refractivity contribution in [1.82, 2.24) is 10.3 Å². The van der Waals surface area contributed by atoms with Crippen LogP contribution >= 0.6 is 0 Å². The van der Waals surface area contributed by atoms with E-state index >= 15 is 0 Å². The van der Waals surface area contributed by atoms with Gasteiger partial charge in [-0.05, 0) is 30.4 Å². The van der Waals surface area contributed by atoms with E-state index in [1.54, 1.807) is 30.4 Å². The number of anilines is 1. The molecular weight excluding hydrogens is 382 g/mol. The third kappa shape index (κ3) is 6.25. The molecule has 8 nitrogen and oxygen atoms in total. The minimum Gasteiger partial charge on any atom is -0.369 e. The molecule has 0 aromatic heterocycles. The standard InChI is InChI=1S/C22H25N5O3/c28-22(24-23-13-6-8-19-7-4-5-11-21(19)27(29)30)12-14-25-15-17-26(18-16-25)20-9-2-1-3-10-20/h1-11,13H,12,14-18H2,(H,24,28). The average Bonchev–Trinajstić information content (AvgIpc) is 2.78. The lowest BCUT2D eigenvalue weighted by Gasteiger charge is -2.36. The lowest BCUT2D eigenvalue weighted by atomic mass is 10.2. The number of nitro benzene ring substituents is 1. The maximum absolute atomic E-state index is 12.0. The minimum absolute atomic E-state index is 0.0264. The summed E-state index contributed by atoms with van der Waals surface area (Å²) in [6.07, 6.45) is 4.93. The zero-order chi connectivity index (χ0) is 21.2. The van der Waals surface area contributed by atoms with Crippen molar-refractivity contribution in [3.05, 3.63) is 76.4 Å². The molecule has 1 aliphatic heterocycles. The first-order valence-electron chi connectivity index (χ1n) is 9.88. The Kier molecular flexibility index (Phi) is 7.68. The highest BCUT2D eigenvalue weighted by Crippen LogP contribution is 2.18. The number of carbonyl (C=O) groups is 1. The number of nitrogens with one attached hydrogen (secondary N) is 1. The Hall–Kier alpha value is -3.52. The number of allylic oxidation sites excluding steroid dienone is 1. The summed E-state index contributed by atoms with van der Waals surface area (Å²) in [6, 6.07) is 16.8. The lowest BCUT2D eigenvalue weighted by Crippen LogP contribution is -2.47. The zero-order valence-electron chi connectivity index (χ0n) is 16.7. The molecule has 1 saturated heterocycles. The van der Waals surface area contributed by atoms with Gasteiger partial charge in [-0.2, -0.15) is 5.10 Å². The summed E-state index contributed by atoms with van der Waals surface area (Å²) in [5, 5.41) is 14.8. The summed E-state index contributed by atoms with van der Waals surface area (Å²) < 4.78 is 0. The highest BCUT2D eigenvalue weighted by atomic mass is 16.6. The molecule has 0 saturated carbocycles. The third-order valence-electron chi connectivity index (χ3n) is 4.91. The fourth-order valence-corrected chi connectivity index (χ4v) is 3.28. The van der Waals surface area contributed by atoms with E-state index in [-0.39, 0.29) is 11.6 Å². The summed E-state index contributed by atoms with van der Waals surface area (Å²) in [5.74, 6) is -0.157. The highest BCUT2D eigenvalue weighted by molar-refractivity contribution is 5.82. The van der Waals surface area contributed by atoms with Gasteiger partial charge in [-0.15, -0.1) is 0 Å². The molecule has 1 amide bonds. The number of nitrogens with zero attached hydrogens (tertiary/aromatic N) is 4. The monoisotopic (exact) mass is 407 g/mol. The SMILES string of the molecule is O=C(CCN1CCN(c2ccccc2)CC1)NN=CC=Cc1ccccc1[N+](=O)[O-]. The normalized spacial score (nSPS) is 15.0. The molecule has 156 valence electrons. The topological polar surface area (TPSA) is 91.1 Å². The van der Waals surface area contributed by atoms with Gasteiger partial charge in [0.25, 0.3) is 5.69 Å². The number of hydrogen-bond acceptors (Lipinski definition) is 6. The molecule has 3 rings (SSSR count). The van der Waals surface area contributed by atoms with Gasteiger partial charge in [-0.25, -0.2) is 5.43 Å². The van der Waals surface area contributed by atoms with E-state index in [0.29, 0.717) is 18.5 Å². The number of amides is 1. The van der Waals surface area contributed by atoms with Gasteiger partial charge < -0.3 is 4.90 Å². The van der Waals surface area contributed by atoms with E-state index in [1.165, 1.54) is 18.0 Å². The van der Waals surface area contributed by atoms with E-state index in [2.05, 4.69) is 32.5 Å². The Bertz CT molecular complexity index is 906. The van der Waals surface area contributed by atoms with Crippen LogP contribution < -0.4 is 10.3 Å². The summed E-state index contributed by atoms with van der Waals surface area (Å²) in [4.78, 5) is 27.1. The fraction of sp³-hybridized carbons (Fsp3) is 0.273. The summed E-state index contributed by atoms with van der Waals surface area (Å²) >= 11 is 0. The van der Waals surface area contributed by atoms with Gasteiger partial charge in [0.15, 0.2) is 0 Å². The van der Waals surface area contributed by atoms with Crippen molar-refractivity contribution in [3.8, 4) is 0 Å². The number of piperazine rings is 1. The van der Waals surface area contributed by atoms with Crippen LogP contribution in [0, 0.1) is 10.1 Å². The van der Waals surface area contributed by atoms with Crippen molar-refractivity contribution < 1.29 is 9.72 Å². The van der Waals surface area contributed by atoms with Crippen LogP contribution in [-0.4, -0.2) is 54.7 Å². The molecule has 0 atom stereocenters. The second-order valence-electron chi connectivity index (χ2n) is 6.90. The number of para-hydroxylation sites is 2. The van der Waals surface area contributed by atoms with E-state index < -0.39 is 4.92 Å². The second-order valence-corrected chi connectivity index (χ2v) is 6.90. The van der Waals surface area contributed by atoms with Crippen molar-refractivity contribution in [2.75, 3.05) is 37.6 Å². The predicted octanol–water partition coefficient (Wildman–Crippen LogP) is 2.92. The van der Waals surface area contributed by atoms with Crippen molar-refractivity contribution in [2.24, 2.45) is 5.10 Å². The van der Waals surface area contributed by atoms with Crippen molar-refractivity contribution in [1.29, 1.82) is 0 Å². The molecule has 1 heterocycles. The lowest BCUT2D eigenvalue weighted by molar-refractivity contribution is -0.385. The zero-order valence-corrected chi connectivity index (χ0v) is 16.7. The van der Waals surface area contributed by atoms with Gasteiger partial charge in [-0.1, -0.05) is 30.3 Å². The molecule has 1 N–H and O–H groups in total. The van der Waals surface area contributed by atoms with Crippen molar-refractivity contribution in [3.63, 3.8) is 0 Å². The molecular formula is C22H25N5O3. The van der Waals surface area contributed by atoms with Gasteiger partial charge >= 0.3 is 0 Å². The summed E-state index contributed by atoms with van der Waals surface area (Å²) in [7, 11) is 0. The van der Waals surface area contributed by atoms with Crippen LogP contribution in [0.3, 0.4) is 0 Å². The van der Waals surface area contributed by atoms with Gasteiger partial charge in [0.2, 0.25) is 5.91 Å². The third-order valence-corrected chi connectivity index (χ3v) is 4.91. The molecule has 30 heavy (non-hydrogen) atoms. The Morgan fingerprint density at radius 3 is 2.50 bits per heavy atom. The minimum atomic E-state index is -0.432. The maximum atomic E-state index is 12.0. The molecule has 1 aliphatic rings. The first kappa shape index (κ1) is 21.2. The Balaban J connectivity index is 1.36. The quantitative estimate of drug-likeness (QED) is 0.413. The number of hydrazone groups is 1. The van der Waals surface area contributed by atoms with Crippen LogP contribution in [0.15, 0.2) is 65.8 Å². The average molecular weight is 407 g/mol. The van der Waals surface area contributed by atoms with Crippen LogP contribution in [-0.2, 0) is 4.79 Å². The van der Waals surface area contributed by atoms with Crippen LogP contribution in [0.4, 0.5) is 11.4 Å². The molecule has 0 unspecified atom stereocenters. The van der Waals surface area contributed by atoms with Crippen LogP contribution in [0.2, 0.25) is 0 Å². The summed E-state index contributed by atoms with van der Waals surface area (Å²) in [6.45, 7) is 4.42.